The maximum absolute atomic E-state index is 10.6. The second kappa shape index (κ2) is 4.65. The topological polar surface area (TPSA) is 66.6 Å². The second-order valence-corrected chi connectivity index (χ2v) is 4.16. The number of carboxylic acids is 1. The van der Waals surface area contributed by atoms with Crippen LogP contribution in [0, 0.1) is 0 Å². The van der Waals surface area contributed by atoms with Crippen molar-refractivity contribution in [3.8, 4) is 0 Å². The van der Waals surface area contributed by atoms with E-state index in [2.05, 4.69) is 17.0 Å². The molecular weight excluding hydrogens is 208 g/mol. The largest absolute Gasteiger partial charge is 0.476 e. The highest BCUT2D eigenvalue weighted by molar-refractivity contribution is 5.85. The molecule has 0 radical (unpaired) electrons. The molecule has 5 heteroatoms. The van der Waals surface area contributed by atoms with Crippen LogP contribution < -0.4 is 0 Å². The van der Waals surface area contributed by atoms with Crippen LogP contribution in [-0.2, 0) is 6.54 Å². The van der Waals surface area contributed by atoms with Crippen LogP contribution in [-0.4, -0.2) is 33.7 Å². The van der Waals surface area contributed by atoms with E-state index in [4.69, 9.17) is 9.63 Å². The maximum atomic E-state index is 10.6. The summed E-state index contributed by atoms with van der Waals surface area (Å²) in [5.74, 6) is -0.402. The second-order valence-electron chi connectivity index (χ2n) is 4.16. The predicted molar refractivity (Wildman–Crippen MR) is 57.2 cm³/mol. The zero-order valence-electron chi connectivity index (χ0n) is 9.35. The van der Waals surface area contributed by atoms with Gasteiger partial charge in [0.05, 0.1) is 6.54 Å². The van der Waals surface area contributed by atoms with E-state index in [1.54, 1.807) is 0 Å². The lowest BCUT2D eigenvalue weighted by Gasteiger charge is -2.21. The first-order valence-electron chi connectivity index (χ1n) is 5.63. The minimum absolute atomic E-state index is 0.0118. The lowest BCUT2D eigenvalue weighted by molar-refractivity contribution is 0.0685. The molecule has 5 nitrogen and oxygen atoms in total. The zero-order valence-corrected chi connectivity index (χ0v) is 9.35. The number of aromatic nitrogens is 1. The van der Waals surface area contributed by atoms with E-state index in [1.807, 2.05) is 0 Å². The molecule has 0 spiro atoms. The van der Waals surface area contributed by atoms with Crippen LogP contribution in [0.5, 0.6) is 0 Å². The minimum Gasteiger partial charge on any atom is -0.476 e. The van der Waals surface area contributed by atoms with Crippen molar-refractivity contribution in [1.82, 2.24) is 10.1 Å². The Morgan fingerprint density at radius 2 is 2.56 bits per heavy atom. The molecule has 0 amide bonds. The van der Waals surface area contributed by atoms with Crippen LogP contribution in [0.2, 0.25) is 0 Å². The molecule has 2 heterocycles. The molecule has 0 aliphatic carbocycles. The van der Waals surface area contributed by atoms with Crippen LogP contribution in [0.4, 0.5) is 0 Å². The molecule has 1 aromatic rings. The number of rotatable bonds is 4. The molecule has 1 unspecified atom stereocenters. The first-order chi connectivity index (χ1) is 7.70. The van der Waals surface area contributed by atoms with Gasteiger partial charge in [-0.15, -0.1) is 0 Å². The summed E-state index contributed by atoms with van der Waals surface area (Å²) in [6.07, 6.45) is 3.55. The third-order valence-electron chi connectivity index (χ3n) is 3.11. The van der Waals surface area contributed by atoms with Gasteiger partial charge in [0.25, 0.3) is 0 Å². The predicted octanol–water partition coefficient (Wildman–Crippen LogP) is 1.75. The lowest BCUT2D eigenvalue weighted by Crippen LogP contribution is -2.27. The average Bonchev–Trinajstić information content (AvgIpc) is 2.87. The Morgan fingerprint density at radius 1 is 1.75 bits per heavy atom. The Balaban J connectivity index is 2.00. The number of likely N-dealkylation sites (tertiary alicyclic amines) is 1. The van der Waals surface area contributed by atoms with Crippen molar-refractivity contribution < 1.29 is 14.4 Å². The van der Waals surface area contributed by atoms with Crippen molar-refractivity contribution in [2.75, 3.05) is 6.54 Å². The van der Waals surface area contributed by atoms with E-state index < -0.39 is 5.97 Å². The Hall–Kier alpha value is -1.36. The van der Waals surface area contributed by atoms with Gasteiger partial charge in [-0.1, -0.05) is 12.1 Å². The van der Waals surface area contributed by atoms with Gasteiger partial charge in [-0.3, -0.25) is 4.90 Å². The quantitative estimate of drug-likeness (QED) is 0.843. The van der Waals surface area contributed by atoms with E-state index in [9.17, 15) is 4.79 Å². The van der Waals surface area contributed by atoms with Crippen molar-refractivity contribution in [2.24, 2.45) is 0 Å². The summed E-state index contributed by atoms with van der Waals surface area (Å²) in [6.45, 7) is 3.90. The average molecular weight is 224 g/mol. The molecule has 1 N–H and O–H groups in total. The first kappa shape index (κ1) is 11.1. The molecule has 1 aliphatic rings. The number of carbonyl (C=O) groups is 1. The highest BCUT2D eigenvalue weighted by Gasteiger charge is 2.24. The summed E-state index contributed by atoms with van der Waals surface area (Å²) in [6, 6.07) is 2.10. The number of hydrogen-bond acceptors (Lipinski definition) is 4. The van der Waals surface area contributed by atoms with Crippen molar-refractivity contribution in [1.29, 1.82) is 0 Å². The molecule has 16 heavy (non-hydrogen) atoms. The fourth-order valence-corrected chi connectivity index (χ4v) is 2.25. The molecule has 1 aromatic heterocycles. The van der Waals surface area contributed by atoms with E-state index >= 15 is 0 Å². The van der Waals surface area contributed by atoms with Gasteiger partial charge >= 0.3 is 5.97 Å². The molecule has 88 valence electrons. The molecular formula is C11H16N2O3. The number of carboxylic acid groups (broad SMARTS) is 1. The van der Waals surface area contributed by atoms with Gasteiger partial charge in [0.2, 0.25) is 0 Å². The van der Waals surface area contributed by atoms with Crippen molar-refractivity contribution >= 4 is 5.97 Å². The van der Waals surface area contributed by atoms with Crippen LogP contribution in [0.3, 0.4) is 0 Å². The summed E-state index contributed by atoms with van der Waals surface area (Å²) in [5.41, 5.74) is -0.0118. The Kier molecular flexibility index (Phi) is 3.24. The molecule has 2 rings (SSSR count). The molecule has 1 atom stereocenters. The number of aromatic carboxylic acids is 1. The fraction of sp³-hybridized carbons (Fsp3) is 0.636. The van der Waals surface area contributed by atoms with E-state index in [0.717, 1.165) is 13.0 Å². The maximum Gasteiger partial charge on any atom is 0.358 e. The summed E-state index contributed by atoms with van der Waals surface area (Å²) in [4.78, 5) is 13.0. The van der Waals surface area contributed by atoms with E-state index in [-0.39, 0.29) is 5.69 Å². The first-order valence-corrected chi connectivity index (χ1v) is 5.63. The molecule has 0 saturated carbocycles. The van der Waals surface area contributed by atoms with Gasteiger partial charge in [-0.2, -0.15) is 0 Å². The molecule has 1 fully saturated rings. The summed E-state index contributed by atoms with van der Waals surface area (Å²) >= 11 is 0. The van der Waals surface area contributed by atoms with E-state index in [0.29, 0.717) is 18.3 Å². The molecule has 1 aliphatic heterocycles. The lowest BCUT2D eigenvalue weighted by atomic mass is 10.2. The Bertz CT molecular complexity index is 375. The summed E-state index contributed by atoms with van der Waals surface area (Å²) in [7, 11) is 0. The summed E-state index contributed by atoms with van der Waals surface area (Å²) < 4.78 is 5.01. The monoisotopic (exact) mass is 224 g/mol. The minimum atomic E-state index is -1.04. The van der Waals surface area contributed by atoms with Gasteiger partial charge in [0.1, 0.15) is 0 Å². The SMILES string of the molecule is CCC1CCCN1Cc1cc(C(=O)O)no1. The van der Waals surface area contributed by atoms with Gasteiger partial charge < -0.3 is 9.63 Å². The zero-order chi connectivity index (χ0) is 11.5. The van der Waals surface area contributed by atoms with Crippen LogP contribution in [0.25, 0.3) is 0 Å². The van der Waals surface area contributed by atoms with E-state index in [1.165, 1.54) is 18.9 Å². The van der Waals surface area contributed by atoms with Crippen LogP contribution >= 0.6 is 0 Å². The highest BCUT2D eigenvalue weighted by atomic mass is 16.5. The Morgan fingerprint density at radius 3 is 3.19 bits per heavy atom. The summed E-state index contributed by atoms with van der Waals surface area (Å²) in [5, 5.41) is 12.2. The van der Waals surface area contributed by atoms with Crippen LogP contribution in [0.15, 0.2) is 10.6 Å². The highest BCUT2D eigenvalue weighted by Crippen LogP contribution is 2.22. The normalized spacial score (nSPS) is 21.4. The Labute approximate surface area is 94.0 Å². The fourth-order valence-electron chi connectivity index (χ4n) is 2.25. The third kappa shape index (κ3) is 2.24. The third-order valence-corrected chi connectivity index (χ3v) is 3.11. The smallest absolute Gasteiger partial charge is 0.358 e. The number of nitrogens with zero attached hydrogens (tertiary/aromatic N) is 2. The van der Waals surface area contributed by atoms with Gasteiger partial charge in [0, 0.05) is 12.1 Å². The van der Waals surface area contributed by atoms with Gasteiger partial charge in [-0.25, -0.2) is 4.79 Å². The van der Waals surface area contributed by atoms with Crippen molar-refractivity contribution in [3.05, 3.63) is 17.5 Å². The molecule has 0 bridgehead atoms. The van der Waals surface area contributed by atoms with Gasteiger partial charge in [-0.05, 0) is 25.8 Å². The molecule has 1 saturated heterocycles. The standard InChI is InChI=1S/C11H16N2O3/c1-2-8-4-3-5-13(8)7-9-6-10(11(14)15)12-16-9/h6,8H,2-5,7H2,1H3,(H,14,15). The van der Waals surface area contributed by atoms with Gasteiger partial charge in [0.15, 0.2) is 11.5 Å². The van der Waals surface area contributed by atoms with Crippen LogP contribution in [0.1, 0.15) is 42.4 Å². The number of hydrogen-bond donors (Lipinski definition) is 1. The van der Waals surface area contributed by atoms with Crippen molar-refractivity contribution in [2.45, 2.75) is 38.8 Å². The molecule has 0 aromatic carbocycles. The van der Waals surface area contributed by atoms with Crippen molar-refractivity contribution in [3.63, 3.8) is 0 Å².